The summed E-state index contributed by atoms with van der Waals surface area (Å²) in [5.41, 5.74) is 0. The highest BCUT2D eigenvalue weighted by Gasteiger charge is 2.14. The molecule has 22 heavy (non-hydrogen) atoms. The summed E-state index contributed by atoms with van der Waals surface area (Å²) in [5.74, 6) is 1.84. The quantitative estimate of drug-likeness (QED) is 0.838. The molecule has 6 nitrogen and oxygen atoms in total. The third-order valence-electron chi connectivity index (χ3n) is 4.46. The van der Waals surface area contributed by atoms with E-state index in [4.69, 9.17) is 4.74 Å². The van der Waals surface area contributed by atoms with Gasteiger partial charge in [-0.15, -0.1) is 0 Å². The molecule has 3 rings (SSSR count). The molecule has 0 unspecified atom stereocenters. The summed E-state index contributed by atoms with van der Waals surface area (Å²) >= 11 is 0. The molecule has 2 N–H and O–H groups in total. The predicted octanol–water partition coefficient (Wildman–Crippen LogP) is 1.97. The van der Waals surface area contributed by atoms with Gasteiger partial charge in [0.25, 0.3) is 0 Å². The molecule has 0 aromatic carbocycles. The largest absolute Gasteiger partial charge is 0.379 e. The number of hydrogen-bond donors (Lipinski definition) is 2. The van der Waals surface area contributed by atoms with E-state index < -0.39 is 0 Å². The van der Waals surface area contributed by atoms with Crippen LogP contribution in [0.2, 0.25) is 0 Å². The second kappa shape index (κ2) is 8.29. The maximum Gasteiger partial charge on any atom is 0.131 e. The summed E-state index contributed by atoms with van der Waals surface area (Å²) in [5, 5.41) is 6.94. The second-order valence-corrected chi connectivity index (χ2v) is 6.15. The second-order valence-electron chi connectivity index (χ2n) is 6.15. The molecule has 1 saturated heterocycles. The average molecular weight is 305 g/mol. The maximum absolute atomic E-state index is 5.36. The van der Waals surface area contributed by atoms with Crippen LogP contribution in [0.25, 0.3) is 0 Å². The Morgan fingerprint density at radius 1 is 1.09 bits per heavy atom. The summed E-state index contributed by atoms with van der Waals surface area (Å²) in [6.07, 6.45) is 8.17. The van der Waals surface area contributed by atoms with E-state index in [0.717, 1.165) is 51.0 Å². The molecule has 2 heterocycles. The van der Waals surface area contributed by atoms with Crippen molar-refractivity contribution in [1.82, 2.24) is 14.9 Å². The van der Waals surface area contributed by atoms with Gasteiger partial charge in [-0.3, -0.25) is 4.90 Å². The highest BCUT2D eigenvalue weighted by molar-refractivity contribution is 5.46. The molecule has 1 aromatic heterocycles. The first-order chi connectivity index (χ1) is 10.9. The van der Waals surface area contributed by atoms with E-state index in [2.05, 4.69) is 25.5 Å². The Morgan fingerprint density at radius 2 is 1.86 bits per heavy atom. The molecule has 0 amide bonds. The fraction of sp³-hybridized carbons (Fsp3) is 0.750. The highest BCUT2D eigenvalue weighted by atomic mass is 16.5. The van der Waals surface area contributed by atoms with E-state index in [1.165, 1.54) is 32.1 Å². The van der Waals surface area contributed by atoms with E-state index >= 15 is 0 Å². The van der Waals surface area contributed by atoms with E-state index in [1.54, 1.807) is 6.33 Å². The number of nitrogens with zero attached hydrogens (tertiary/aromatic N) is 3. The first kappa shape index (κ1) is 15.5. The summed E-state index contributed by atoms with van der Waals surface area (Å²) in [6.45, 7) is 5.68. The number of nitrogens with one attached hydrogen (secondary N) is 2. The molecule has 0 bridgehead atoms. The first-order valence-corrected chi connectivity index (χ1v) is 8.53. The molecular formula is C16H27N5O. The van der Waals surface area contributed by atoms with Gasteiger partial charge in [0.15, 0.2) is 0 Å². The Morgan fingerprint density at radius 3 is 2.68 bits per heavy atom. The molecule has 1 aliphatic carbocycles. The maximum atomic E-state index is 5.36. The van der Waals surface area contributed by atoms with Crippen molar-refractivity contribution in [2.24, 2.45) is 0 Å². The Balaban J connectivity index is 1.43. The van der Waals surface area contributed by atoms with E-state index in [0.29, 0.717) is 6.04 Å². The van der Waals surface area contributed by atoms with Crippen LogP contribution in [-0.2, 0) is 4.74 Å². The van der Waals surface area contributed by atoms with Crippen molar-refractivity contribution < 1.29 is 4.74 Å². The number of ether oxygens (including phenoxy) is 1. The third-order valence-corrected chi connectivity index (χ3v) is 4.46. The lowest BCUT2D eigenvalue weighted by Gasteiger charge is -2.26. The summed E-state index contributed by atoms with van der Waals surface area (Å²) in [4.78, 5) is 11.1. The molecule has 0 radical (unpaired) electrons. The minimum Gasteiger partial charge on any atom is -0.379 e. The zero-order valence-electron chi connectivity index (χ0n) is 13.3. The van der Waals surface area contributed by atoms with Gasteiger partial charge in [0.2, 0.25) is 0 Å². The molecule has 0 atom stereocenters. The van der Waals surface area contributed by atoms with E-state index in [-0.39, 0.29) is 0 Å². The molecule has 0 spiro atoms. The van der Waals surface area contributed by atoms with Gasteiger partial charge in [-0.05, 0) is 12.8 Å². The van der Waals surface area contributed by atoms with E-state index in [9.17, 15) is 0 Å². The van der Waals surface area contributed by atoms with Gasteiger partial charge in [0.1, 0.15) is 18.0 Å². The zero-order valence-corrected chi connectivity index (χ0v) is 13.3. The lowest BCUT2D eigenvalue weighted by Crippen LogP contribution is -2.39. The monoisotopic (exact) mass is 305 g/mol. The van der Waals surface area contributed by atoms with Crippen molar-refractivity contribution >= 4 is 11.6 Å². The Hall–Kier alpha value is -1.40. The topological polar surface area (TPSA) is 62.3 Å². The van der Waals surface area contributed by atoms with Crippen molar-refractivity contribution in [3.63, 3.8) is 0 Å². The molecule has 2 fully saturated rings. The van der Waals surface area contributed by atoms with Crippen LogP contribution in [0.4, 0.5) is 11.6 Å². The van der Waals surface area contributed by atoms with Crippen molar-refractivity contribution in [3.8, 4) is 0 Å². The van der Waals surface area contributed by atoms with Crippen LogP contribution in [-0.4, -0.2) is 60.3 Å². The lowest BCUT2D eigenvalue weighted by molar-refractivity contribution is 0.0398. The van der Waals surface area contributed by atoms with Gasteiger partial charge in [0, 0.05) is 38.3 Å². The zero-order chi connectivity index (χ0) is 15.0. The standard InChI is InChI=1S/C16H27N5O/c1-2-4-14(5-3-1)20-16-12-15(18-13-19-16)17-6-7-21-8-10-22-11-9-21/h12-14H,1-11H2,(H2,17,18,19,20). The molecule has 1 aliphatic heterocycles. The Labute approximate surface area is 132 Å². The number of anilines is 2. The van der Waals surface area contributed by atoms with Crippen LogP contribution < -0.4 is 10.6 Å². The van der Waals surface area contributed by atoms with Crippen LogP contribution in [0.3, 0.4) is 0 Å². The molecule has 122 valence electrons. The molecule has 6 heteroatoms. The van der Waals surface area contributed by atoms with Gasteiger partial charge in [-0.2, -0.15) is 0 Å². The number of aromatic nitrogens is 2. The average Bonchev–Trinajstić information content (AvgIpc) is 2.57. The van der Waals surface area contributed by atoms with Crippen molar-refractivity contribution in [1.29, 1.82) is 0 Å². The molecule has 1 aromatic rings. The van der Waals surface area contributed by atoms with Crippen LogP contribution in [0.15, 0.2) is 12.4 Å². The van der Waals surface area contributed by atoms with Gasteiger partial charge in [-0.25, -0.2) is 9.97 Å². The van der Waals surface area contributed by atoms with Gasteiger partial charge >= 0.3 is 0 Å². The smallest absolute Gasteiger partial charge is 0.131 e. The summed E-state index contributed by atoms with van der Waals surface area (Å²) < 4.78 is 5.36. The summed E-state index contributed by atoms with van der Waals surface area (Å²) in [7, 11) is 0. The van der Waals surface area contributed by atoms with E-state index in [1.807, 2.05) is 6.07 Å². The molecular weight excluding hydrogens is 278 g/mol. The number of rotatable bonds is 6. The Kier molecular flexibility index (Phi) is 5.84. The molecule has 2 aliphatic rings. The Bertz CT molecular complexity index is 444. The van der Waals surface area contributed by atoms with Gasteiger partial charge < -0.3 is 15.4 Å². The summed E-state index contributed by atoms with van der Waals surface area (Å²) in [6, 6.07) is 2.60. The van der Waals surface area contributed by atoms with Gasteiger partial charge in [-0.1, -0.05) is 19.3 Å². The van der Waals surface area contributed by atoms with Gasteiger partial charge in [0.05, 0.1) is 13.2 Å². The normalized spacial score (nSPS) is 20.7. The van der Waals surface area contributed by atoms with Crippen LogP contribution in [0, 0.1) is 0 Å². The fourth-order valence-electron chi connectivity index (χ4n) is 3.16. The van der Waals surface area contributed by atoms with Crippen LogP contribution in [0.1, 0.15) is 32.1 Å². The third kappa shape index (κ3) is 4.81. The van der Waals surface area contributed by atoms with Crippen LogP contribution in [0.5, 0.6) is 0 Å². The first-order valence-electron chi connectivity index (χ1n) is 8.53. The van der Waals surface area contributed by atoms with Crippen LogP contribution >= 0.6 is 0 Å². The minimum absolute atomic E-state index is 0.574. The minimum atomic E-state index is 0.574. The molecule has 1 saturated carbocycles. The highest BCUT2D eigenvalue weighted by Crippen LogP contribution is 2.21. The number of morpholine rings is 1. The predicted molar refractivity (Wildman–Crippen MR) is 88.3 cm³/mol. The SMILES string of the molecule is c1nc(NCCN2CCOCC2)cc(NC2CCCCC2)n1. The lowest BCUT2D eigenvalue weighted by atomic mass is 9.95. The van der Waals surface area contributed by atoms with Crippen molar-refractivity contribution in [3.05, 3.63) is 12.4 Å². The number of hydrogen-bond acceptors (Lipinski definition) is 6. The van der Waals surface area contributed by atoms with Crippen molar-refractivity contribution in [2.75, 3.05) is 50.0 Å². The fourth-order valence-corrected chi connectivity index (χ4v) is 3.16. The van der Waals surface area contributed by atoms with Crippen molar-refractivity contribution in [2.45, 2.75) is 38.1 Å².